The van der Waals surface area contributed by atoms with Crippen LogP contribution in [0.2, 0.25) is 0 Å². The Labute approximate surface area is 212 Å². The van der Waals surface area contributed by atoms with Crippen LogP contribution >= 0.6 is 0 Å². The predicted molar refractivity (Wildman–Crippen MR) is 132 cm³/mol. The largest absolute Gasteiger partial charge is 0.858 e. The van der Waals surface area contributed by atoms with Crippen LogP contribution in [0.25, 0.3) is 17.0 Å². The van der Waals surface area contributed by atoms with Gasteiger partial charge >= 0.3 is 5.91 Å². The fourth-order valence-corrected chi connectivity index (χ4v) is 4.54. The van der Waals surface area contributed by atoms with Crippen molar-refractivity contribution >= 4 is 28.8 Å². The predicted octanol–water partition coefficient (Wildman–Crippen LogP) is 3.25. The van der Waals surface area contributed by atoms with E-state index >= 15 is 0 Å². The molecule has 0 spiro atoms. The number of benzene rings is 2. The fourth-order valence-electron chi connectivity index (χ4n) is 4.54. The number of pyridine rings is 1. The standard InChI is InChI=1S/C28H23FN4O4/c1-16-13-17(2)15-31(14-16)25-24(26(34)32(28(25)36)20-9-11-22(37-4)12-10-20)23-18(3)30-33(27(23)35)21-7-5-19(29)6-8-21/h5-15H,1-4H3. The lowest BCUT2D eigenvalue weighted by molar-refractivity contribution is -0.577. The highest BCUT2D eigenvalue weighted by Gasteiger charge is 2.47. The van der Waals surface area contributed by atoms with Crippen molar-refractivity contribution in [1.82, 2.24) is 9.78 Å². The van der Waals surface area contributed by atoms with Crippen LogP contribution < -0.4 is 19.3 Å². The summed E-state index contributed by atoms with van der Waals surface area (Å²) in [6.07, 6.45) is 3.46. The molecule has 0 saturated carbocycles. The van der Waals surface area contributed by atoms with Crippen LogP contribution in [0.15, 0.2) is 67.0 Å². The average Bonchev–Trinajstić information content (AvgIpc) is 3.29. The van der Waals surface area contributed by atoms with Gasteiger partial charge in [0.15, 0.2) is 12.4 Å². The van der Waals surface area contributed by atoms with E-state index in [0.717, 1.165) is 20.7 Å². The Hall–Kier alpha value is -4.79. The summed E-state index contributed by atoms with van der Waals surface area (Å²) in [7, 11) is 1.52. The lowest BCUT2D eigenvalue weighted by atomic mass is 10.0. The number of methoxy groups -OCH3 is 1. The first kappa shape index (κ1) is 23.9. The number of rotatable bonds is 5. The van der Waals surface area contributed by atoms with Crippen LogP contribution in [-0.2, 0) is 9.59 Å². The van der Waals surface area contributed by atoms with Gasteiger partial charge in [-0.2, -0.15) is 9.67 Å². The molecule has 0 N–H and O–H groups in total. The highest BCUT2D eigenvalue weighted by atomic mass is 19.1. The molecule has 4 aromatic rings. The molecule has 0 saturated heterocycles. The molecule has 1 aliphatic heterocycles. The summed E-state index contributed by atoms with van der Waals surface area (Å²) in [6, 6.07) is 13.7. The van der Waals surface area contributed by atoms with Gasteiger partial charge < -0.3 is 9.84 Å². The molecule has 0 aliphatic carbocycles. The molecule has 2 amide bonds. The van der Waals surface area contributed by atoms with Gasteiger partial charge in [-0.3, -0.25) is 9.59 Å². The smallest absolute Gasteiger partial charge is 0.331 e. The van der Waals surface area contributed by atoms with Crippen molar-refractivity contribution in [3.8, 4) is 17.3 Å². The topological polar surface area (TPSA) is 91.4 Å². The number of hydrogen-bond acceptors (Lipinski definition) is 5. The number of imide groups is 1. The molecule has 9 heteroatoms. The molecule has 186 valence electrons. The number of ether oxygens (including phenoxy) is 1. The number of nitrogens with zero attached hydrogens (tertiary/aromatic N) is 4. The van der Waals surface area contributed by atoms with Gasteiger partial charge in [0.25, 0.3) is 11.6 Å². The van der Waals surface area contributed by atoms with Crippen molar-refractivity contribution in [3.63, 3.8) is 0 Å². The number of aromatic nitrogens is 3. The molecule has 5 rings (SSSR count). The van der Waals surface area contributed by atoms with Gasteiger partial charge in [-0.1, -0.05) is 0 Å². The highest BCUT2D eigenvalue weighted by molar-refractivity contribution is 6.53. The number of carbonyl (C=O) groups is 2. The minimum absolute atomic E-state index is 0.0142. The van der Waals surface area contributed by atoms with Crippen molar-refractivity contribution in [2.45, 2.75) is 20.8 Å². The van der Waals surface area contributed by atoms with Crippen LogP contribution in [0.5, 0.6) is 11.6 Å². The Balaban J connectivity index is 1.74. The van der Waals surface area contributed by atoms with Crippen LogP contribution in [0.1, 0.15) is 22.4 Å². The van der Waals surface area contributed by atoms with Crippen molar-refractivity contribution in [2.75, 3.05) is 12.0 Å². The third-order valence-corrected chi connectivity index (χ3v) is 6.13. The van der Waals surface area contributed by atoms with Crippen LogP contribution in [0.4, 0.5) is 10.1 Å². The molecule has 2 aromatic carbocycles. The zero-order valence-electron chi connectivity index (χ0n) is 20.7. The van der Waals surface area contributed by atoms with E-state index < -0.39 is 23.5 Å². The quantitative estimate of drug-likeness (QED) is 0.311. The van der Waals surface area contributed by atoms with E-state index in [1.54, 1.807) is 48.1 Å². The van der Waals surface area contributed by atoms with Crippen molar-refractivity contribution in [1.29, 1.82) is 0 Å². The molecule has 0 unspecified atom stereocenters. The molecule has 37 heavy (non-hydrogen) atoms. The van der Waals surface area contributed by atoms with E-state index in [2.05, 4.69) is 5.10 Å². The molecular weight excluding hydrogens is 475 g/mol. The molecule has 0 radical (unpaired) electrons. The van der Waals surface area contributed by atoms with E-state index in [1.807, 2.05) is 19.9 Å². The highest BCUT2D eigenvalue weighted by Crippen LogP contribution is 2.38. The molecule has 3 heterocycles. The molecule has 0 fully saturated rings. The van der Waals surface area contributed by atoms with Gasteiger partial charge in [0.1, 0.15) is 17.1 Å². The second-order valence-corrected chi connectivity index (χ2v) is 8.82. The maximum Gasteiger partial charge on any atom is 0.331 e. The summed E-state index contributed by atoms with van der Waals surface area (Å²) < 4.78 is 21.4. The SMILES string of the molecule is COc1ccc(N2C(=O)C(c3c(C)nn(-c4ccc(F)cc4)c3[O-])=C([n+]3cc(C)cc(C)c3)C2=O)cc1. The summed E-state index contributed by atoms with van der Waals surface area (Å²) in [5, 5.41) is 18.0. The van der Waals surface area contributed by atoms with Gasteiger partial charge in [0.05, 0.1) is 24.2 Å². The second kappa shape index (κ2) is 9.02. The summed E-state index contributed by atoms with van der Waals surface area (Å²) in [6.45, 7) is 5.35. The lowest BCUT2D eigenvalue weighted by Gasteiger charge is -2.16. The van der Waals surface area contributed by atoms with Crippen molar-refractivity contribution < 1.29 is 28.4 Å². The molecule has 0 bridgehead atoms. The Morgan fingerprint density at radius 3 is 2.08 bits per heavy atom. The molecule has 8 nitrogen and oxygen atoms in total. The van der Waals surface area contributed by atoms with Crippen LogP contribution in [0.3, 0.4) is 0 Å². The molecule has 1 aliphatic rings. The number of amides is 2. The van der Waals surface area contributed by atoms with E-state index in [1.165, 1.54) is 31.4 Å². The minimum Gasteiger partial charge on any atom is -0.858 e. The monoisotopic (exact) mass is 498 g/mol. The number of hydrogen-bond donors (Lipinski definition) is 0. The van der Waals surface area contributed by atoms with Crippen LogP contribution in [0, 0.1) is 26.6 Å². The first-order chi connectivity index (χ1) is 17.7. The first-order valence-electron chi connectivity index (χ1n) is 11.5. The zero-order chi connectivity index (χ0) is 26.4. The second-order valence-electron chi connectivity index (χ2n) is 8.82. The van der Waals surface area contributed by atoms with Gasteiger partial charge in [-0.15, -0.1) is 0 Å². The molecular formula is C28H23FN4O4. The minimum atomic E-state index is -0.643. The van der Waals surface area contributed by atoms with Crippen LogP contribution in [-0.4, -0.2) is 28.7 Å². The number of aryl methyl sites for hydroxylation is 3. The third-order valence-electron chi connectivity index (χ3n) is 6.13. The zero-order valence-corrected chi connectivity index (χ0v) is 20.7. The number of carbonyl (C=O) groups excluding carboxylic acids is 2. The average molecular weight is 499 g/mol. The maximum atomic E-state index is 13.9. The molecule has 0 atom stereocenters. The summed E-state index contributed by atoms with van der Waals surface area (Å²) in [5.74, 6) is -1.69. The summed E-state index contributed by atoms with van der Waals surface area (Å²) >= 11 is 0. The third kappa shape index (κ3) is 4.04. The first-order valence-corrected chi connectivity index (χ1v) is 11.5. The van der Waals surface area contributed by atoms with Crippen molar-refractivity contribution in [2.24, 2.45) is 0 Å². The Bertz CT molecular complexity index is 1570. The lowest BCUT2D eigenvalue weighted by Crippen LogP contribution is -2.40. The normalized spacial score (nSPS) is 13.6. The van der Waals surface area contributed by atoms with Gasteiger partial charge in [-0.05, 0) is 81.2 Å². The number of halogens is 1. The Morgan fingerprint density at radius 1 is 0.892 bits per heavy atom. The van der Waals surface area contributed by atoms with Gasteiger partial charge in [0.2, 0.25) is 0 Å². The summed E-state index contributed by atoms with van der Waals surface area (Å²) in [4.78, 5) is 28.8. The molecule has 2 aromatic heterocycles. The van der Waals surface area contributed by atoms with E-state index in [9.17, 15) is 19.1 Å². The Morgan fingerprint density at radius 2 is 1.49 bits per heavy atom. The fraction of sp³-hybridized carbons (Fsp3) is 0.143. The maximum absolute atomic E-state index is 13.9. The van der Waals surface area contributed by atoms with E-state index in [-0.39, 0.29) is 22.5 Å². The van der Waals surface area contributed by atoms with Crippen molar-refractivity contribution in [3.05, 3.63) is 95.2 Å². The summed E-state index contributed by atoms with van der Waals surface area (Å²) in [5.41, 5.74) is 2.70. The van der Waals surface area contributed by atoms with Gasteiger partial charge in [0, 0.05) is 16.7 Å². The Kier molecular flexibility index (Phi) is 5.83. The van der Waals surface area contributed by atoms with E-state index in [0.29, 0.717) is 17.1 Å². The van der Waals surface area contributed by atoms with E-state index in [4.69, 9.17) is 4.74 Å². The number of anilines is 1. The van der Waals surface area contributed by atoms with Gasteiger partial charge in [-0.25, -0.2) is 14.0 Å².